The third kappa shape index (κ3) is 6.64. The number of phenols is 1. The van der Waals surface area contributed by atoms with Crippen LogP contribution in [0.5, 0.6) is 5.75 Å². The number of terminal acetylenes is 1. The van der Waals surface area contributed by atoms with E-state index in [1.807, 2.05) is 55.5 Å². The summed E-state index contributed by atoms with van der Waals surface area (Å²) >= 11 is 0. The first-order chi connectivity index (χ1) is 19.5. The average Bonchev–Trinajstić information content (AvgIpc) is 2.96. The van der Waals surface area contributed by atoms with E-state index >= 15 is 0 Å². The Kier molecular flexibility index (Phi) is 8.57. The number of aromatic carboxylic acids is 1. The summed E-state index contributed by atoms with van der Waals surface area (Å²) in [6, 6.07) is 25.1. The molecule has 0 aliphatic heterocycles. The minimum Gasteiger partial charge on any atom is -0.507 e. The standard InChI is InChI=1S/C32H28N2O6S/c1-4-23-7-11-25(12-8-23)26-13-9-24(10-14-26)20-34(27-15-18-29(32(37)38)30(35)19-27)31(36)21-33(3)41(39,40)28-16-5-22(2)6-17-28/h1,5-19,35H,20-21H2,2-3H3,(H,37,38). The van der Waals surface area contributed by atoms with Crippen molar-refractivity contribution in [1.82, 2.24) is 4.31 Å². The normalized spacial score (nSPS) is 11.2. The van der Waals surface area contributed by atoms with Crippen LogP contribution in [0.3, 0.4) is 0 Å². The quantitative estimate of drug-likeness (QED) is 0.278. The van der Waals surface area contributed by atoms with Gasteiger partial charge in [0.1, 0.15) is 11.3 Å². The highest BCUT2D eigenvalue weighted by molar-refractivity contribution is 7.89. The summed E-state index contributed by atoms with van der Waals surface area (Å²) in [6.07, 6.45) is 5.43. The molecule has 0 saturated carbocycles. The maximum absolute atomic E-state index is 13.6. The second-order valence-electron chi connectivity index (χ2n) is 9.48. The zero-order valence-electron chi connectivity index (χ0n) is 22.5. The van der Waals surface area contributed by atoms with Crippen LogP contribution in [0.4, 0.5) is 5.69 Å². The molecule has 0 spiro atoms. The van der Waals surface area contributed by atoms with Gasteiger partial charge in [0.2, 0.25) is 15.9 Å². The van der Waals surface area contributed by atoms with Crippen LogP contribution in [-0.2, 0) is 21.4 Å². The fraction of sp³-hybridized carbons (Fsp3) is 0.125. The summed E-state index contributed by atoms with van der Waals surface area (Å²) < 4.78 is 27.2. The van der Waals surface area contributed by atoms with Crippen molar-refractivity contribution in [1.29, 1.82) is 0 Å². The topological polar surface area (TPSA) is 115 Å². The van der Waals surface area contributed by atoms with E-state index in [0.29, 0.717) is 0 Å². The first-order valence-electron chi connectivity index (χ1n) is 12.6. The molecule has 0 aromatic heterocycles. The SMILES string of the molecule is C#Cc1ccc(-c2ccc(CN(C(=O)CN(C)S(=O)(=O)c3ccc(C)cc3)c3ccc(C(=O)O)c(O)c3)cc2)cc1. The number of carbonyl (C=O) groups excluding carboxylic acids is 1. The smallest absolute Gasteiger partial charge is 0.339 e. The number of hydrogen-bond donors (Lipinski definition) is 2. The Morgan fingerprint density at radius 2 is 1.46 bits per heavy atom. The number of benzene rings is 4. The first-order valence-corrected chi connectivity index (χ1v) is 14.0. The Hall–Kier alpha value is -4.91. The minimum atomic E-state index is -3.96. The molecule has 0 atom stereocenters. The fourth-order valence-electron chi connectivity index (χ4n) is 4.19. The second-order valence-corrected chi connectivity index (χ2v) is 11.5. The average molecular weight is 569 g/mol. The number of sulfonamides is 1. The first kappa shape index (κ1) is 29.1. The van der Waals surface area contributed by atoms with E-state index in [1.165, 1.54) is 42.3 Å². The van der Waals surface area contributed by atoms with E-state index in [-0.39, 0.29) is 22.7 Å². The van der Waals surface area contributed by atoms with Crippen molar-refractivity contribution in [2.45, 2.75) is 18.4 Å². The van der Waals surface area contributed by atoms with Gasteiger partial charge in [0.05, 0.1) is 18.0 Å². The Labute approximate surface area is 239 Å². The maximum atomic E-state index is 13.6. The zero-order valence-corrected chi connectivity index (χ0v) is 23.3. The van der Waals surface area contributed by atoms with Gasteiger partial charge in [0, 0.05) is 24.4 Å². The summed E-state index contributed by atoms with van der Waals surface area (Å²) in [5.74, 6) is 0.179. The second kappa shape index (κ2) is 12.1. The maximum Gasteiger partial charge on any atom is 0.339 e. The third-order valence-corrected chi connectivity index (χ3v) is 8.41. The largest absolute Gasteiger partial charge is 0.507 e. The van der Waals surface area contributed by atoms with Crippen molar-refractivity contribution >= 4 is 27.6 Å². The molecule has 0 radical (unpaired) electrons. The predicted molar refractivity (Wildman–Crippen MR) is 157 cm³/mol. The van der Waals surface area contributed by atoms with E-state index in [1.54, 1.807) is 12.1 Å². The van der Waals surface area contributed by atoms with E-state index in [9.17, 15) is 28.2 Å². The summed E-state index contributed by atoms with van der Waals surface area (Å²) in [4.78, 5) is 26.3. The lowest BCUT2D eigenvalue weighted by molar-refractivity contribution is -0.118. The van der Waals surface area contributed by atoms with Crippen molar-refractivity contribution in [3.63, 3.8) is 0 Å². The Bertz CT molecular complexity index is 1720. The Balaban J connectivity index is 1.62. The molecule has 8 nitrogen and oxygen atoms in total. The molecule has 0 bridgehead atoms. The molecular formula is C32H28N2O6S. The molecular weight excluding hydrogens is 540 g/mol. The third-order valence-electron chi connectivity index (χ3n) is 6.59. The molecule has 0 fully saturated rings. The van der Waals surface area contributed by atoms with Gasteiger partial charge in [-0.3, -0.25) is 4.79 Å². The number of rotatable bonds is 9. The van der Waals surface area contributed by atoms with Gasteiger partial charge in [-0.25, -0.2) is 13.2 Å². The van der Waals surface area contributed by atoms with Crippen LogP contribution in [0.1, 0.15) is 27.0 Å². The lowest BCUT2D eigenvalue weighted by atomic mass is 10.0. The van der Waals surface area contributed by atoms with Gasteiger partial charge in [-0.15, -0.1) is 6.42 Å². The Morgan fingerprint density at radius 3 is 2.00 bits per heavy atom. The predicted octanol–water partition coefficient (Wildman–Crippen LogP) is 4.90. The lowest BCUT2D eigenvalue weighted by Gasteiger charge is -2.26. The number of carbonyl (C=O) groups is 2. The molecule has 0 aliphatic rings. The zero-order chi connectivity index (χ0) is 29.7. The van der Waals surface area contributed by atoms with E-state index in [0.717, 1.165) is 32.1 Å². The number of hydrogen-bond acceptors (Lipinski definition) is 5. The number of carboxylic acid groups (broad SMARTS) is 1. The monoisotopic (exact) mass is 568 g/mol. The lowest BCUT2D eigenvalue weighted by Crippen LogP contribution is -2.41. The number of nitrogens with zero attached hydrogens (tertiary/aromatic N) is 2. The number of aromatic hydroxyl groups is 1. The van der Waals surface area contributed by atoms with Gasteiger partial charge in [0.15, 0.2) is 0 Å². The highest BCUT2D eigenvalue weighted by atomic mass is 32.2. The molecule has 0 saturated heterocycles. The molecule has 41 heavy (non-hydrogen) atoms. The number of aryl methyl sites for hydroxylation is 1. The van der Waals surface area contributed by atoms with E-state index < -0.39 is 34.2 Å². The minimum absolute atomic E-state index is 0.0411. The van der Waals surface area contributed by atoms with E-state index in [2.05, 4.69) is 5.92 Å². The number of amides is 1. The van der Waals surface area contributed by atoms with Crippen LogP contribution in [0.2, 0.25) is 0 Å². The molecule has 208 valence electrons. The van der Waals surface area contributed by atoms with Gasteiger partial charge >= 0.3 is 5.97 Å². The molecule has 4 aromatic rings. The summed E-state index contributed by atoms with van der Waals surface area (Å²) in [6.45, 7) is 1.39. The highest BCUT2D eigenvalue weighted by Crippen LogP contribution is 2.28. The van der Waals surface area contributed by atoms with Crippen LogP contribution < -0.4 is 4.90 Å². The summed E-state index contributed by atoms with van der Waals surface area (Å²) in [5, 5.41) is 19.6. The van der Waals surface area contributed by atoms with Crippen molar-refractivity contribution in [2.75, 3.05) is 18.5 Å². The Morgan fingerprint density at radius 1 is 0.878 bits per heavy atom. The summed E-state index contributed by atoms with van der Waals surface area (Å²) in [5.41, 5.74) is 4.18. The molecule has 0 heterocycles. The van der Waals surface area contributed by atoms with Gasteiger partial charge in [-0.05, 0) is 60.0 Å². The van der Waals surface area contributed by atoms with Crippen LogP contribution >= 0.6 is 0 Å². The van der Waals surface area contributed by atoms with Crippen LogP contribution in [0.25, 0.3) is 11.1 Å². The van der Waals surface area contributed by atoms with Crippen molar-refractivity contribution in [3.8, 4) is 29.2 Å². The number of anilines is 1. The number of likely N-dealkylation sites (N-methyl/N-ethyl adjacent to an activating group) is 1. The van der Waals surface area contributed by atoms with Crippen molar-refractivity contribution < 1.29 is 28.2 Å². The highest BCUT2D eigenvalue weighted by Gasteiger charge is 2.27. The van der Waals surface area contributed by atoms with Crippen molar-refractivity contribution in [3.05, 3.63) is 113 Å². The molecule has 0 unspecified atom stereocenters. The molecule has 9 heteroatoms. The van der Waals surface area contributed by atoms with Crippen molar-refractivity contribution in [2.24, 2.45) is 0 Å². The molecule has 2 N–H and O–H groups in total. The van der Waals surface area contributed by atoms with Gasteiger partial charge in [0.25, 0.3) is 0 Å². The van der Waals surface area contributed by atoms with Gasteiger partial charge in [-0.1, -0.05) is 60.0 Å². The molecule has 4 aromatic carbocycles. The molecule has 0 aliphatic carbocycles. The van der Waals surface area contributed by atoms with Crippen LogP contribution in [0.15, 0.2) is 95.9 Å². The van der Waals surface area contributed by atoms with Gasteiger partial charge in [-0.2, -0.15) is 4.31 Å². The van der Waals surface area contributed by atoms with Crippen LogP contribution in [0, 0.1) is 19.3 Å². The van der Waals surface area contributed by atoms with E-state index in [4.69, 9.17) is 6.42 Å². The number of carboxylic acids is 1. The fourth-order valence-corrected chi connectivity index (χ4v) is 5.31. The van der Waals surface area contributed by atoms with Crippen LogP contribution in [-0.4, -0.2) is 48.4 Å². The molecule has 1 amide bonds. The van der Waals surface area contributed by atoms with Gasteiger partial charge < -0.3 is 15.1 Å². The molecule has 4 rings (SSSR count). The summed E-state index contributed by atoms with van der Waals surface area (Å²) in [7, 11) is -2.64.